The fourth-order valence-corrected chi connectivity index (χ4v) is 5.52. The lowest BCUT2D eigenvalue weighted by Gasteiger charge is -2.32. The molecule has 0 aliphatic carbocycles. The molecule has 0 fully saturated rings. The van der Waals surface area contributed by atoms with E-state index in [2.05, 4.69) is 5.32 Å². The number of halogens is 1. The largest absolute Gasteiger partial charge is 0.378 e. The molecular weight excluding hydrogens is 543 g/mol. The SMILES string of the molecule is CN(C)c1ccc(NC(=O)C(c2cccs2)N(Cc2ccccc2F)C(=O)CN2C(=O)C(=O)c3ccccc32)cc1. The molecule has 3 amide bonds. The van der Waals surface area contributed by atoms with Gasteiger partial charge < -0.3 is 15.1 Å². The van der Waals surface area contributed by atoms with Gasteiger partial charge >= 0.3 is 0 Å². The van der Waals surface area contributed by atoms with Crippen molar-refractivity contribution in [2.75, 3.05) is 35.8 Å². The Morgan fingerprint density at radius 1 is 0.927 bits per heavy atom. The zero-order valence-corrected chi connectivity index (χ0v) is 23.2. The van der Waals surface area contributed by atoms with Gasteiger partial charge in [0.1, 0.15) is 18.4 Å². The summed E-state index contributed by atoms with van der Waals surface area (Å²) in [5.41, 5.74) is 2.20. The molecule has 0 radical (unpaired) electrons. The highest BCUT2D eigenvalue weighted by Gasteiger charge is 2.39. The number of benzene rings is 3. The number of hydrogen-bond donors (Lipinski definition) is 1. The number of fused-ring (bicyclic) bond motifs is 1. The minimum Gasteiger partial charge on any atom is -0.378 e. The summed E-state index contributed by atoms with van der Waals surface area (Å²) in [4.78, 5) is 58.1. The number of rotatable bonds is 9. The molecule has 2 heterocycles. The van der Waals surface area contributed by atoms with E-state index in [4.69, 9.17) is 0 Å². The molecule has 5 rings (SSSR count). The smallest absolute Gasteiger partial charge is 0.299 e. The van der Waals surface area contributed by atoms with E-state index < -0.39 is 41.9 Å². The number of para-hydroxylation sites is 1. The minimum atomic E-state index is -1.14. The number of nitrogens with zero attached hydrogens (tertiary/aromatic N) is 3. The summed E-state index contributed by atoms with van der Waals surface area (Å²) in [5.74, 6) is -3.19. The van der Waals surface area contributed by atoms with E-state index in [0.717, 1.165) is 10.6 Å². The maximum atomic E-state index is 14.8. The van der Waals surface area contributed by atoms with Crippen molar-refractivity contribution < 1.29 is 23.6 Å². The van der Waals surface area contributed by atoms with Crippen LogP contribution in [0, 0.1) is 5.82 Å². The van der Waals surface area contributed by atoms with Gasteiger partial charge in [-0.3, -0.25) is 24.1 Å². The summed E-state index contributed by atoms with van der Waals surface area (Å²) in [7, 11) is 3.81. The number of nitrogens with one attached hydrogen (secondary N) is 1. The number of ketones is 1. The lowest BCUT2D eigenvalue weighted by atomic mass is 10.1. The van der Waals surface area contributed by atoms with Crippen molar-refractivity contribution >= 4 is 51.9 Å². The molecule has 1 atom stereocenters. The summed E-state index contributed by atoms with van der Waals surface area (Å²) in [5, 5.41) is 4.67. The summed E-state index contributed by atoms with van der Waals surface area (Å²) >= 11 is 1.28. The fraction of sp³-hybridized carbons (Fsp3) is 0.161. The van der Waals surface area contributed by atoms with Crippen LogP contribution in [0.25, 0.3) is 0 Å². The highest BCUT2D eigenvalue weighted by molar-refractivity contribution is 7.10. The van der Waals surface area contributed by atoms with Crippen LogP contribution in [0.2, 0.25) is 0 Å². The third-order valence-electron chi connectivity index (χ3n) is 6.82. The van der Waals surface area contributed by atoms with Crippen LogP contribution in [0.4, 0.5) is 21.5 Å². The topological polar surface area (TPSA) is 90.0 Å². The Labute approximate surface area is 240 Å². The number of thiophene rings is 1. The van der Waals surface area contributed by atoms with Gasteiger partial charge in [0.25, 0.3) is 17.6 Å². The molecule has 8 nitrogen and oxygen atoms in total. The first-order chi connectivity index (χ1) is 19.7. The Hall–Kier alpha value is -4.83. The molecule has 0 saturated carbocycles. The highest BCUT2D eigenvalue weighted by atomic mass is 32.1. The van der Waals surface area contributed by atoms with Gasteiger partial charge in [-0.25, -0.2) is 4.39 Å². The average molecular weight is 571 g/mol. The number of carbonyl (C=O) groups excluding carboxylic acids is 4. The normalized spacial score (nSPS) is 13.1. The predicted molar refractivity (Wildman–Crippen MR) is 157 cm³/mol. The van der Waals surface area contributed by atoms with E-state index in [9.17, 15) is 23.6 Å². The number of hydrogen-bond acceptors (Lipinski definition) is 6. The number of Topliss-reactive ketones (excluding diaryl/α,β-unsaturated/α-hetero) is 1. The van der Waals surface area contributed by atoms with Gasteiger partial charge in [0, 0.05) is 42.5 Å². The molecular formula is C31H27FN4O4S. The van der Waals surface area contributed by atoms with E-state index in [1.165, 1.54) is 34.4 Å². The first-order valence-electron chi connectivity index (χ1n) is 12.8. The van der Waals surface area contributed by atoms with Gasteiger partial charge in [-0.15, -0.1) is 11.3 Å². The molecule has 0 spiro atoms. The van der Waals surface area contributed by atoms with Crippen LogP contribution in [0.5, 0.6) is 0 Å². The summed E-state index contributed by atoms with van der Waals surface area (Å²) in [6, 6.07) is 22.0. The summed E-state index contributed by atoms with van der Waals surface area (Å²) in [6.07, 6.45) is 0. The van der Waals surface area contributed by atoms with Gasteiger partial charge in [0.05, 0.1) is 11.3 Å². The molecule has 1 N–H and O–H groups in total. The van der Waals surface area contributed by atoms with Gasteiger partial charge in [-0.05, 0) is 53.9 Å². The Bertz CT molecular complexity index is 1600. The van der Waals surface area contributed by atoms with Crippen molar-refractivity contribution in [3.63, 3.8) is 0 Å². The Morgan fingerprint density at radius 3 is 2.32 bits per heavy atom. The van der Waals surface area contributed by atoms with E-state index in [1.807, 2.05) is 31.1 Å². The van der Waals surface area contributed by atoms with Crippen molar-refractivity contribution in [3.05, 3.63) is 112 Å². The second-order valence-electron chi connectivity index (χ2n) is 9.70. The molecule has 1 aliphatic rings. The van der Waals surface area contributed by atoms with Crippen LogP contribution in [0.1, 0.15) is 26.8 Å². The van der Waals surface area contributed by atoms with Gasteiger partial charge in [-0.2, -0.15) is 0 Å². The number of carbonyl (C=O) groups is 4. The maximum absolute atomic E-state index is 14.8. The number of amides is 3. The zero-order valence-electron chi connectivity index (χ0n) is 22.4. The van der Waals surface area contributed by atoms with Crippen molar-refractivity contribution in [3.8, 4) is 0 Å². The average Bonchev–Trinajstić information content (AvgIpc) is 3.57. The monoisotopic (exact) mass is 570 g/mol. The molecule has 4 aromatic rings. The van der Waals surface area contributed by atoms with Gasteiger partial charge in [0.2, 0.25) is 5.91 Å². The standard InChI is InChI=1S/C31H27FN4O4S/c1-34(2)22-15-13-21(14-16-22)33-30(39)28(26-12-7-17-41-26)36(18-20-8-3-5-10-24(20)32)27(37)19-35-25-11-6-4-9-23(25)29(38)31(35)40/h3-17,28H,18-19H2,1-2H3,(H,33,39). The quantitative estimate of drug-likeness (QED) is 0.290. The van der Waals surface area contributed by atoms with E-state index in [1.54, 1.807) is 60.0 Å². The first-order valence-corrected chi connectivity index (χ1v) is 13.7. The molecule has 10 heteroatoms. The second kappa shape index (κ2) is 11.7. The van der Waals surface area contributed by atoms with Crippen LogP contribution >= 0.6 is 11.3 Å². The maximum Gasteiger partial charge on any atom is 0.299 e. The van der Waals surface area contributed by atoms with E-state index >= 15 is 0 Å². The molecule has 208 valence electrons. The molecule has 1 aliphatic heterocycles. The third-order valence-corrected chi connectivity index (χ3v) is 7.74. The Kier molecular flexibility index (Phi) is 7.93. The van der Waals surface area contributed by atoms with E-state index in [0.29, 0.717) is 16.3 Å². The number of anilines is 3. The third kappa shape index (κ3) is 5.73. The van der Waals surface area contributed by atoms with Crippen LogP contribution in [-0.2, 0) is 20.9 Å². The van der Waals surface area contributed by atoms with Crippen molar-refractivity contribution in [1.82, 2.24) is 4.90 Å². The van der Waals surface area contributed by atoms with Crippen LogP contribution in [0.15, 0.2) is 90.3 Å². The minimum absolute atomic E-state index is 0.203. The Morgan fingerprint density at radius 2 is 1.63 bits per heavy atom. The highest BCUT2D eigenvalue weighted by Crippen LogP contribution is 2.32. The van der Waals surface area contributed by atoms with Crippen LogP contribution in [0.3, 0.4) is 0 Å². The van der Waals surface area contributed by atoms with Gasteiger partial charge in [-0.1, -0.05) is 36.4 Å². The zero-order chi connectivity index (χ0) is 29.1. The first kappa shape index (κ1) is 27.7. The molecule has 1 unspecified atom stereocenters. The summed E-state index contributed by atoms with van der Waals surface area (Å²) < 4.78 is 14.8. The molecule has 0 bridgehead atoms. The molecule has 3 aromatic carbocycles. The lowest BCUT2D eigenvalue weighted by molar-refractivity contribution is -0.139. The van der Waals surface area contributed by atoms with Crippen molar-refractivity contribution in [1.29, 1.82) is 0 Å². The molecule has 0 saturated heterocycles. The summed E-state index contributed by atoms with van der Waals surface area (Å²) in [6.45, 7) is -0.735. The Balaban J connectivity index is 1.51. The molecule has 41 heavy (non-hydrogen) atoms. The predicted octanol–water partition coefficient (Wildman–Crippen LogP) is 4.89. The lowest BCUT2D eigenvalue weighted by Crippen LogP contribution is -2.46. The van der Waals surface area contributed by atoms with Crippen LogP contribution < -0.4 is 15.1 Å². The van der Waals surface area contributed by atoms with Crippen LogP contribution in [-0.4, -0.2) is 49.0 Å². The second-order valence-corrected chi connectivity index (χ2v) is 10.7. The van der Waals surface area contributed by atoms with E-state index in [-0.39, 0.29) is 17.7 Å². The van der Waals surface area contributed by atoms with Crippen molar-refractivity contribution in [2.45, 2.75) is 12.6 Å². The van der Waals surface area contributed by atoms with Crippen molar-refractivity contribution in [2.24, 2.45) is 0 Å². The molecule has 1 aromatic heterocycles. The van der Waals surface area contributed by atoms with Gasteiger partial charge in [0.15, 0.2) is 0 Å². The fourth-order valence-electron chi connectivity index (χ4n) is 4.69.